The second-order valence-corrected chi connectivity index (χ2v) is 3.66. The summed E-state index contributed by atoms with van der Waals surface area (Å²) >= 11 is 0. The fourth-order valence-electron chi connectivity index (χ4n) is 1.31. The number of carbonyl (C=O) groups excluding carboxylic acids is 1. The van der Waals surface area contributed by atoms with Gasteiger partial charge in [0.1, 0.15) is 0 Å². The maximum atomic E-state index is 11.8. The second kappa shape index (κ2) is 9.59. The number of nitrogens with zero attached hydrogens (tertiary/aromatic N) is 4. The molecular formula is C11H18N4O2. The average Bonchev–Trinajstić information content (AvgIpc) is 2.29. The van der Waals surface area contributed by atoms with Crippen molar-refractivity contribution >= 4 is 5.91 Å². The highest BCUT2D eigenvalue weighted by Crippen LogP contribution is 1.97. The van der Waals surface area contributed by atoms with E-state index in [9.17, 15) is 4.79 Å². The van der Waals surface area contributed by atoms with E-state index in [-0.39, 0.29) is 31.9 Å². The molecule has 17 heavy (non-hydrogen) atoms. The number of carbonyl (C=O) groups is 1. The van der Waals surface area contributed by atoms with Gasteiger partial charge in [0.25, 0.3) is 0 Å². The van der Waals surface area contributed by atoms with Crippen LogP contribution in [-0.2, 0) is 4.79 Å². The Bertz CT molecular complexity index is 288. The second-order valence-electron chi connectivity index (χ2n) is 3.66. The first kappa shape index (κ1) is 15.4. The van der Waals surface area contributed by atoms with E-state index < -0.39 is 0 Å². The van der Waals surface area contributed by atoms with E-state index in [0.29, 0.717) is 19.6 Å². The van der Waals surface area contributed by atoms with E-state index in [0.717, 1.165) is 0 Å². The van der Waals surface area contributed by atoms with Crippen molar-refractivity contribution in [1.82, 2.24) is 9.80 Å². The standard InChI is InChI=1S/C11H18N4O2/c1-14(8-9-16)10-11(17)15(6-2-4-12)7-3-5-13/h16H,2-3,6-10H2,1H3. The Morgan fingerprint density at radius 2 is 1.71 bits per heavy atom. The van der Waals surface area contributed by atoms with Crippen LogP contribution in [0.4, 0.5) is 0 Å². The fraction of sp³-hybridized carbons (Fsp3) is 0.727. The van der Waals surface area contributed by atoms with Gasteiger partial charge in [-0.15, -0.1) is 0 Å². The predicted octanol–water partition coefficient (Wildman–Crippen LogP) is -0.434. The summed E-state index contributed by atoms with van der Waals surface area (Å²) in [4.78, 5) is 15.0. The van der Waals surface area contributed by atoms with Crippen molar-refractivity contribution in [3.05, 3.63) is 0 Å². The molecule has 0 rings (SSSR count). The molecule has 6 heteroatoms. The Labute approximate surface area is 102 Å². The first-order valence-corrected chi connectivity index (χ1v) is 5.46. The van der Waals surface area contributed by atoms with Crippen molar-refractivity contribution in [2.24, 2.45) is 0 Å². The molecule has 0 aliphatic carbocycles. The molecule has 0 saturated carbocycles. The molecule has 0 bridgehead atoms. The number of aliphatic hydroxyl groups is 1. The van der Waals surface area contributed by atoms with E-state index in [1.54, 1.807) is 11.9 Å². The van der Waals surface area contributed by atoms with Crippen LogP contribution < -0.4 is 0 Å². The highest BCUT2D eigenvalue weighted by atomic mass is 16.3. The zero-order valence-corrected chi connectivity index (χ0v) is 10.1. The minimum absolute atomic E-state index is 0.000170. The molecule has 0 aliphatic rings. The molecule has 1 amide bonds. The third kappa shape index (κ3) is 7.29. The lowest BCUT2D eigenvalue weighted by Crippen LogP contribution is -2.40. The highest BCUT2D eigenvalue weighted by molar-refractivity contribution is 5.78. The molecule has 0 unspecified atom stereocenters. The van der Waals surface area contributed by atoms with Crippen molar-refractivity contribution < 1.29 is 9.90 Å². The SMILES string of the molecule is CN(CCO)CC(=O)N(CCC#N)CCC#N. The summed E-state index contributed by atoms with van der Waals surface area (Å²) in [6, 6.07) is 3.96. The predicted molar refractivity (Wildman–Crippen MR) is 61.6 cm³/mol. The maximum absolute atomic E-state index is 11.8. The highest BCUT2D eigenvalue weighted by Gasteiger charge is 2.14. The molecule has 0 aliphatic heterocycles. The molecule has 0 heterocycles. The lowest BCUT2D eigenvalue weighted by molar-refractivity contribution is -0.132. The molecule has 0 aromatic carbocycles. The van der Waals surface area contributed by atoms with E-state index >= 15 is 0 Å². The zero-order valence-electron chi connectivity index (χ0n) is 10.1. The number of hydrogen-bond acceptors (Lipinski definition) is 5. The largest absolute Gasteiger partial charge is 0.395 e. The Balaban J connectivity index is 4.21. The lowest BCUT2D eigenvalue weighted by Gasteiger charge is -2.23. The summed E-state index contributed by atoms with van der Waals surface area (Å²) in [5.41, 5.74) is 0. The van der Waals surface area contributed by atoms with E-state index in [2.05, 4.69) is 0 Å². The van der Waals surface area contributed by atoms with Crippen molar-refractivity contribution in [2.45, 2.75) is 12.8 Å². The summed E-state index contributed by atoms with van der Waals surface area (Å²) in [5, 5.41) is 25.7. The van der Waals surface area contributed by atoms with Crippen LogP contribution in [0.15, 0.2) is 0 Å². The van der Waals surface area contributed by atoms with Gasteiger partial charge in [0.2, 0.25) is 5.91 Å². The number of hydrogen-bond donors (Lipinski definition) is 1. The van der Waals surface area contributed by atoms with Crippen molar-refractivity contribution in [3.63, 3.8) is 0 Å². The van der Waals surface area contributed by atoms with Gasteiger partial charge >= 0.3 is 0 Å². The van der Waals surface area contributed by atoms with Gasteiger partial charge in [0, 0.05) is 19.6 Å². The number of rotatable bonds is 8. The number of aliphatic hydroxyl groups excluding tert-OH is 1. The molecule has 0 saturated heterocycles. The average molecular weight is 238 g/mol. The monoisotopic (exact) mass is 238 g/mol. The van der Waals surface area contributed by atoms with Gasteiger partial charge < -0.3 is 10.0 Å². The molecule has 0 aromatic heterocycles. The van der Waals surface area contributed by atoms with Crippen LogP contribution in [0, 0.1) is 22.7 Å². The molecule has 0 radical (unpaired) electrons. The summed E-state index contributed by atoms with van der Waals surface area (Å²) in [6.07, 6.45) is 0.530. The smallest absolute Gasteiger partial charge is 0.236 e. The van der Waals surface area contributed by atoms with Crippen molar-refractivity contribution in [3.8, 4) is 12.1 Å². The van der Waals surface area contributed by atoms with Crippen LogP contribution >= 0.6 is 0 Å². The molecule has 1 N–H and O–H groups in total. The van der Waals surface area contributed by atoms with Crippen LogP contribution in [0.5, 0.6) is 0 Å². The van der Waals surface area contributed by atoms with Gasteiger partial charge in [-0.2, -0.15) is 10.5 Å². The van der Waals surface area contributed by atoms with Gasteiger partial charge in [-0.3, -0.25) is 9.69 Å². The van der Waals surface area contributed by atoms with Gasteiger partial charge in [-0.25, -0.2) is 0 Å². The van der Waals surface area contributed by atoms with E-state index in [4.69, 9.17) is 15.6 Å². The van der Waals surface area contributed by atoms with Gasteiger partial charge in [-0.1, -0.05) is 0 Å². The van der Waals surface area contributed by atoms with Crippen LogP contribution in [-0.4, -0.2) is 60.6 Å². The molecule has 0 atom stereocenters. The maximum Gasteiger partial charge on any atom is 0.236 e. The van der Waals surface area contributed by atoms with Crippen molar-refractivity contribution in [1.29, 1.82) is 10.5 Å². The van der Waals surface area contributed by atoms with E-state index in [1.807, 2.05) is 12.1 Å². The number of amides is 1. The van der Waals surface area contributed by atoms with Gasteiger partial charge in [0.05, 0.1) is 38.1 Å². The zero-order chi connectivity index (χ0) is 13.1. The van der Waals surface area contributed by atoms with Crippen LogP contribution in [0.3, 0.4) is 0 Å². The van der Waals surface area contributed by atoms with Gasteiger partial charge in [-0.05, 0) is 7.05 Å². The number of likely N-dealkylation sites (N-methyl/N-ethyl adjacent to an activating group) is 1. The topological polar surface area (TPSA) is 91.4 Å². The first-order valence-electron chi connectivity index (χ1n) is 5.46. The van der Waals surface area contributed by atoms with Gasteiger partial charge in [0.15, 0.2) is 0 Å². The Morgan fingerprint density at radius 3 is 2.12 bits per heavy atom. The Kier molecular flexibility index (Phi) is 8.67. The van der Waals surface area contributed by atoms with Crippen molar-refractivity contribution in [2.75, 3.05) is 39.8 Å². The minimum Gasteiger partial charge on any atom is -0.395 e. The summed E-state index contributed by atoms with van der Waals surface area (Å²) < 4.78 is 0. The Morgan fingerprint density at radius 1 is 1.18 bits per heavy atom. The summed E-state index contributed by atoms with van der Waals surface area (Å²) in [7, 11) is 1.74. The normalized spacial score (nSPS) is 9.71. The summed E-state index contributed by atoms with van der Waals surface area (Å²) in [5.74, 6) is -0.119. The molecule has 0 aromatic rings. The molecule has 94 valence electrons. The summed E-state index contributed by atoms with van der Waals surface area (Å²) in [6.45, 7) is 1.32. The van der Waals surface area contributed by atoms with Crippen LogP contribution in [0.2, 0.25) is 0 Å². The van der Waals surface area contributed by atoms with Crippen LogP contribution in [0.25, 0.3) is 0 Å². The van der Waals surface area contributed by atoms with Crippen LogP contribution in [0.1, 0.15) is 12.8 Å². The molecular weight excluding hydrogens is 220 g/mol. The van der Waals surface area contributed by atoms with E-state index in [1.165, 1.54) is 4.90 Å². The lowest BCUT2D eigenvalue weighted by atomic mass is 10.3. The number of nitriles is 2. The molecule has 0 fully saturated rings. The Hall–Kier alpha value is -1.63. The third-order valence-electron chi connectivity index (χ3n) is 2.23. The first-order chi connectivity index (χ1) is 8.15. The quantitative estimate of drug-likeness (QED) is 0.619. The third-order valence-corrected chi connectivity index (χ3v) is 2.23. The fourth-order valence-corrected chi connectivity index (χ4v) is 1.31. The molecule has 0 spiro atoms. The minimum atomic E-state index is -0.119. The molecule has 6 nitrogen and oxygen atoms in total.